The molecule has 76 valence electrons. The maximum atomic E-state index is 11.5. The zero-order chi connectivity index (χ0) is 10.6. The predicted molar refractivity (Wildman–Crippen MR) is 55.6 cm³/mol. The van der Waals surface area contributed by atoms with E-state index >= 15 is 0 Å². The van der Waals surface area contributed by atoms with E-state index in [0.717, 1.165) is 16.6 Å². The summed E-state index contributed by atoms with van der Waals surface area (Å²) in [7, 11) is 3.63. The first-order valence-electron chi connectivity index (χ1n) is 4.54. The zero-order valence-electron chi connectivity index (χ0n) is 8.35. The molecule has 0 radical (unpaired) electrons. The monoisotopic (exact) mass is 203 g/mol. The molecule has 0 aliphatic rings. The number of fused-ring (bicyclic) bond motifs is 3. The van der Waals surface area contributed by atoms with Crippen molar-refractivity contribution in [2.75, 3.05) is 0 Å². The SMILES string of the molecule is Cn1ncc2c1ncc1c(=O)[nH]n(C)c12. The average Bonchev–Trinajstić information content (AvgIpc) is 2.70. The summed E-state index contributed by atoms with van der Waals surface area (Å²) in [6.07, 6.45) is 3.30. The fraction of sp³-hybridized carbons (Fsp3) is 0.222. The van der Waals surface area contributed by atoms with Gasteiger partial charge >= 0.3 is 0 Å². The van der Waals surface area contributed by atoms with Gasteiger partial charge in [-0.3, -0.25) is 19.3 Å². The zero-order valence-corrected chi connectivity index (χ0v) is 8.35. The van der Waals surface area contributed by atoms with Crippen LogP contribution in [0.25, 0.3) is 21.9 Å². The van der Waals surface area contributed by atoms with Crippen molar-refractivity contribution in [3.63, 3.8) is 0 Å². The topological polar surface area (TPSA) is 68.5 Å². The fourth-order valence-corrected chi connectivity index (χ4v) is 1.88. The van der Waals surface area contributed by atoms with E-state index in [2.05, 4.69) is 15.2 Å². The first kappa shape index (κ1) is 8.22. The molecule has 0 aromatic carbocycles. The number of hydrogen-bond donors (Lipinski definition) is 1. The van der Waals surface area contributed by atoms with Crippen molar-refractivity contribution in [1.29, 1.82) is 0 Å². The van der Waals surface area contributed by atoms with Crippen molar-refractivity contribution < 1.29 is 0 Å². The molecule has 3 rings (SSSR count). The van der Waals surface area contributed by atoms with Gasteiger partial charge in [-0.25, -0.2) is 4.98 Å². The Kier molecular flexibility index (Phi) is 1.35. The maximum Gasteiger partial charge on any atom is 0.273 e. The molecule has 0 amide bonds. The molecule has 0 aliphatic heterocycles. The van der Waals surface area contributed by atoms with Crippen molar-refractivity contribution >= 4 is 21.9 Å². The maximum absolute atomic E-state index is 11.5. The lowest BCUT2D eigenvalue weighted by atomic mass is 10.2. The van der Waals surface area contributed by atoms with Crippen molar-refractivity contribution in [2.24, 2.45) is 14.1 Å². The quantitative estimate of drug-likeness (QED) is 0.565. The van der Waals surface area contributed by atoms with Gasteiger partial charge in [-0.15, -0.1) is 0 Å². The Morgan fingerprint density at radius 2 is 2.07 bits per heavy atom. The predicted octanol–water partition coefficient (Wildman–Crippen LogP) is 0.148. The number of rotatable bonds is 0. The summed E-state index contributed by atoms with van der Waals surface area (Å²) in [6.45, 7) is 0. The molecular formula is C9H9N5O. The van der Waals surface area contributed by atoms with Crippen LogP contribution in [-0.4, -0.2) is 24.5 Å². The highest BCUT2D eigenvalue weighted by molar-refractivity contribution is 6.01. The van der Waals surface area contributed by atoms with Crippen LogP contribution in [0.5, 0.6) is 0 Å². The molecule has 0 bridgehead atoms. The lowest BCUT2D eigenvalue weighted by Gasteiger charge is -1.96. The standard InChI is InChI=1S/C9H9N5O/c1-13-7-5-4-11-14(2)8(5)10-3-6(7)9(15)12-13/h3-4H,1-2H3,(H,12,15). The summed E-state index contributed by atoms with van der Waals surface area (Å²) in [5, 5.41) is 8.30. The largest absolute Gasteiger partial charge is 0.287 e. The van der Waals surface area contributed by atoms with Crippen molar-refractivity contribution in [3.8, 4) is 0 Å². The number of nitrogens with zero attached hydrogens (tertiary/aromatic N) is 4. The second kappa shape index (κ2) is 2.47. The van der Waals surface area contributed by atoms with Gasteiger partial charge in [0.25, 0.3) is 5.56 Å². The molecule has 0 aliphatic carbocycles. The minimum atomic E-state index is -0.120. The van der Waals surface area contributed by atoms with E-state index in [4.69, 9.17) is 0 Å². The van der Waals surface area contributed by atoms with Crippen LogP contribution in [0, 0.1) is 0 Å². The van der Waals surface area contributed by atoms with Gasteiger partial charge in [-0.2, -0.15) is 5.10 Å². The molecule has 0 unspecified atom stereocenters. The number of hydrogen-bond acceptors (Lipinski definition) is 3. The Bertz CT molecular complexity index is 717. The molecule has 0 spiro atoms. The van der Waals surface area contributed by atoms with Gasteiger partial charge in [-0.1, -0.05) is 0 Å². The summed E-state index contributed by atoms with van der Waals surface area (Å²) in [4.78, 5) is 15.7. The van der Waals surface area contributed by atoms with E-state index < -0.39 is 0 Å². The van der Waals surface area contributed by atoms with Gasteiger partial charge in [0.1, 0.15) is 0 Å². The van der Waals surface area contributed by atoms with Gasteiger partial charge in [0.2, 0.25) is 0 Å². The summed E-state index contributed by atoms with van der Waals surface area (Å²) in [6, 6.07) is 0. The van der Waals surface area contributed by atoms with Crippen LogP contribution in [0.15, 0.2) is 17.2 Å². The summed E-state index contributed by atoms with van der Waals surface area (Å²) in [5.74, 6) is 0. The smallest absolute Gasteiger partial charge is 0.273 e. The first-order chi connectivity index (χ1) is 7.18. The minimum Gasteiger partial charge on any atom is -0.287 e. The van der Waals surface area contributed by atoms with Crippen LogP contribution in [-0.2, 0) is 14.1 Å². The summed E-state index contributed by atoms with van der Waals surface area (Å²) in [5.41, 5.74) is 1.50. The first-order valence-corrected chi connectivity index (χ1v) is 4.54. The molecule has 0 atom stereocenters. The van der Waals surface area contributed by atoms with Crippen LogP contribution in [0.3, 0.4) is 0 Å². The molecular weight excluding hydrogens is 194 g/mol. The van der Waals surface area contributed by atoms with Crippen LogP contribution in [0.2, 0.25) is 0 Å². The van der Waals surface area contributed by atoms with E-state index in [0.29, 0.717) is 5.39 Å². The molecule has 3 aromatic heterocycles. The Hall–Kier alpha value is -2.11. The third-order valence-corrected chi connectivity index (χ3v) is 2.58. The summed E-state index contributed by atoms with van der Waals surface area (Å²) < 4.78 is 3.38. The van der Waals surface area contributed by atoms with Gasteiger partial charge < -0.3 is 0 Å². The molecule has 6 nitrogen and oxygen atoms in total. The Morgan fingerprint density at radius 1 is 1.27 bits per heavy atom. The van der Waals surface area contributed by atoms with Crippen LogP contribution in [0.4, 0.5) is 0 Å². The number of aryl methyl sites for hydroxylation is 2. The van der Waals surface area contributed by atoms with E-state index in [-0.39, 0.29) is 5.56 Å². The van der Waals surface area contributed by atoms with Gasteiger partial charge in [0, 0.05) is 20.3 Å². The number of nitrogens with one attached hydrogen (secondary N) is 1. The Morgan fingerprint density at radius 3 is 2.87 bits per heavy atom. The van der Waals surface area contributed by atoms with Crippen LogP contribution < -0.4 is 5.56 Å². The minimum absolute atomic E-state index is 0.120. The van der Waals surface area contributed by atoms with Crippen molar-refractivity contribution in [3.05, 3.63) is 22.7 Å². The van der Waals surface area contributed by atoms with Gasteiger partial charge in [0.05, 0.1) is 22.5 Å². The number of aromatic amines is 1. The highest BCUT2D eigenvalue weighted by Crippen LogP contribution is 2.19. The van der Waals surface area contributed by atoms with Crippen molar-refractivity contribution in [1.82, 2.24) is 24.5 Å². The van der Waals surface area contributed by atoms with E-state index in [9.17, 15) is 4.79 Å². The van der Waals surface area contributed by atoms with Crippen LogP contribution in [0.1, 0.15) is 0 Å². The fourth-order valence-electron chi connectivity index (χ4n) is 1.88. The third-order valence-electron chi connectivity index (χ3n) is 2.58. The normalized spacial score (nSPS) is 11.6. The second-order valence-corrected chi connectivity index (χ2v) is 3.53. The lowest BCUT2D eigenvalue weighted by Crippen LogP contribution is -2.01. The average molecular weight is 203 g/mol. The van der Waals surface area contributed by atoms with E-state index in [1.54, 1.807) is 28.8 Å². The molecule has 0 saturated carbocycles. The molecule has 3 heterocycles. The second-order valence-electron chi connectivity index (χ2n) is 3.53. The van der Waals surface area contributed by atoms with E-state index in [1.165, 1.54) is 0 Å². The van der Waals surface area contributed by atoms with Gasteiger partial charge in [0.15, 0.2) is 5.65 Å². The Labute approximate surface area is 84.1 Å². The molecule has 15 heavy (non-hydrogen) atoms. The van der Waals surface area contributed by atoms with E-state index in [1.807, 2.05) is 7.05 Å². The molecule has 1 N–H and O–H groups in total. The van der Waals surface area contributed by atoms with Gasteiger partial charge in [-0.05, 0) is 0 Å². The summed E-state index contributed by atoms with van der Waals surface area (Å²) >= 11 is 0. The van der Waals surface area contributed by atoms with Crippen molar-refractivity contribution in [2.45, 2.75) is 0 Å². The number of H-pyrrole nitrogens is 1. The molecule has 3 aromatic rings. The lowest BCUT2D eigenvalue weighted by molar-refractivity contribution is 0.785. The molecule has 6 heteroatoms. The van der Waals surface area contributed by atoms with Crippen LogP contribution >= 0.6 is 0 Å². The highest BCUT2D eigenvalue weighted by Gasteiger charge is 2.11. The Balaban J connectivity index is 2.70. The molecule has 0 saturated heterocycles. The third kappa shape index (κ3) is 0.903. The number of pyridine rings is 1. The molecule has 0 fully saturated rings. The number of aromatic nitrogens is 5. The highest BCUT2D eigenvalue weighted by atomic mass is 16.1.